The van der Waals surface area contributed by atoms with Gasteiger partial charge in [-0.25, -0.2) is 0 Å². The van der Waals surface area contributed by atoms with E-state index in [2.05, 4.69) is 10.4 Å². The first-order valence-corrected chi connectivity index (χ1v) is 6.15. The van der Waals surface area contributed by atoms with E-state index in [1.807, 2.05) is 0 Å². The van der Waals surface area contributed by atoms with Crippen molar-refractivity contribution in [2.24, 2.45) is 7.05 Å². The highest BCUT2D eigenvalue weighted by Crippen LogP contribution is 2.17. The zero-order valence-electron chi connectivity index (χ0n) is 10.6. The molecule has 0 bridgehead atoms. The van der Waals surface area contributed by atoms with Gasteiger partial charge in [0, 0.05) is 24.3 Å². The van der Waals surface area contributed by atoms with Crippen LogP contribution in [0.1, 0.15) is 6.92 Å². The average Bonchev–Trinajstić information content (AvgIpc) is 2.77. The molecule has 0 fully saturated rings. The zero-order valence-corrected chi connectivity index (χ0v) is 11.4. The average molecular weight is 280 g/mol. The summed E-state index contributed by atoms with van der Waals surface area (Å²) in [7, 11) is 1.78. The fourth-order valence-electron chi connectivity index (χ4n) is 1.48. The molecule has 6 heteroatoms. The maximum absolute atomic E-state index is 11.9. The first-order chi connectivity index (χ1) is 9.04. The van der Waals surface area contributed by atoms with Crippen LogP contribution in [0, 0.1) is 0 Å². The lowest BCUT2D eigenvalue weighted by molar-refractivity contribution is -0.122. The molecule has 0 saturated carbocycles. The summed E-state index contributed by atoms with van der Waals surface area (Å²) >= 11 is 5.77. The van der Waals surface area contributed by atoms with Gasteiger partial charge in [0.1, 0.15) is 5.75 Å². The Bertz CT molecular complexity index is 566. The highest BCUT2D eigenvalue weighted by Gasteiger charge is 2.15. The monoisotopic (exact) mass is 279 g/mol. The van der Waals surface area contributed by atoms with Gasteiger partial charge in [-0.05, 0) is 31.2 Å². The molecule has 1 atom stereocenters. The van der Waals surface area contributed by atoms with Crippen molar-refractivity contribution < 1.29 is 9.53 Å². The SMILES string of the molecule is CC(Oc1ccc(Cl)cc1)C(=O)Nc1ccn(C)n1. The second kappa shape index (κ2) is 5.75. The Kier molecular flexibility index (Phi) is 4.06. The number of nitrogens with zero attached hydrogens (tertiary/aromatic N) is 2. The normalized spacial score (nSPS) is 11.9. The third-order valence-corrected chi connectivity index (χ3v) is 2.71. The van der Waals surface area contributed by atoms with E-state index in [9.17, 15) is 4.79 Å². The summed E-state index contributed by atoms with van der Waals surface area (Å²) in [6, 6.07) is 8.56. The van der Waals surface area contributed by atoms with Gasteiger partial charge in [0.25, 0.3) is 5.91 Å². The number of rotatable bonds is 4. The molecule has 1 aromatic carbocycles. The maximum atomic E-state index is 11.9. The summed E-state index contributed by atoms with van der Waals surface area (Å²) in [4.78, 5) is 11.9. The molecule has 2 aromatic rings. The van der Waals surface area contributed by atoms with Gasteiger partial charge >= 0.3 is 0 Å². The Labute approximate surface area is 116 Å². The Morgan fingerprint density at radius 1 is 1.37 bits per heavy atom. The molecule has 1 aromatic heterocycles. The van der Waals surface area contributed by atoms with E-state index in [1.54, 1.807) is 55.2 Å². The largest absolute Gasteiger partial charge is 0.481 e. The number of hydrogen-bond donors (Lipinski definition) is 1. The van der Waals surface area contributed by atoms with Gasteiger partial charge in [-0.2, -0.15) is 5.10 Å². The molecule has 1 N–H and O–H groups in total. The minimum atomic E-state index is -0.622. The van der Waals surface area contributed by atoms with E-state index < -0.39 is 6.10 Å². The van der Waals surface area contributed by atoms with Crippen LogP contribution in [0.4, 0.5) is 5.82 Å². The first-order valence-electron chi connectivity index (χ1n) is 5.77. The number of nitrogens with one attached hydrogen (secondary N) is 1. The molecule has 0 aliphatic rings. The van der Waals surface area contributed by atoms with Gasteiger partial charge in [-0.15, -0.1) is 0 Å². The Hall–Kier alpha value is -2.01. The molecule has 1 amide bonds. The number of aryl methyl sites for hydroxylation is 1. The molecule has 19 heavy (non-hydrogen) atoms. The quantitative estimate of drug-likeness (QED) is 0.935. The number of carbonyl (C=O) groups excluding carboxylic acids is 1. The van der Waals surface area contributed by atoms with Crippen LogP contribution in [0.2, 0.25) is 5.02 Å². The fourth-order valence-corrected chi connectivity index (χ4v) is 1.61. The molecule has 0 saturated heterocycles. The molecule has 0 radical (unpaired) electrons. The van der Waals surface area contributed by atoms with Crippen molar-refractivity contribution >= 4 is 23.3 Å². The summed E-state index contributed by atoms with van der Waals surface area (Å²) in [6.07, 6.45) is 1.13. The van der Waals surface area contributed by atoms with Crippen LogP contribution in [-0.4, -0.2) is 21.8 Å². The van der Waals surface area contributed by atoms with Crippen LogP contribution in [0.3, 0.4) is 0 Å². The van der Waals surface area contributed by atoms with Crippen molar-refractivity contribution in [1.29, 1.82) is 0 Å². The molecule has 0 aliphatic heterocycles. The molecule has 0 spiro atoms. The standard InChI is InChI=1S/C13H14ClN3O2/c1-9(19-11-5-3-10(14)4-6-11)13(18)15-12-7-8-17(2)16-12/h3-9H,1-2H3,(H,15,16,18). The molecule has 2 rings (SSSR count). The van der Waals surface area contributed by atoms with E-state index in [0.717, 1.165) is 0 Å². The maximum Gasteiger partial charge on any atom is 0.266 e. The van der Waals surface area contributed by atoms with Crippen LogP contribution in [0.15, 0.2) is 36.5 Å². The summed E-state index contributed by atoms with van der Waals surface area (Å²) in [5.74, 6) is 0.834. The molecular weight excluding hydrogens is 266 g/mol. The number of halogens is 1. The molecule has 0 aliphatic carbocycles. The Balaban J connectivity index is 1.94. The summed E-state index contributed by atoms with van der Waals surface area (Å²) in [5, 5.41) is 7.36. The predicted octanol–water partition coefficient (Wildman–Crippen LogP) is 2.48. The number of carbonyl (C=O) groups is 1. The highest BCUT2D eigenvalue weighted by atomic mass is 35.5. The number of hydrogen-bond acceptors (Lipinski definition) is 3. The number of aromatic nitrogens is 2. The van der Waals surface area contributed by atoms with Crippen molar-refractivity contribution in [3.8, 4) is 5.75 Å². The van der Waals surface area contributed by atoms with Gasteiger partial charge in [-0.3, -0.25) is 9.48 Å². The van der Waals surface area contributed by atoms with E-state index in [4.69, 9.17) is 16.3 Å². The Morgan fingerprint density at radius 2 is 2.05 bits per heavy atom. The minimum absolute atomic E-state index is 0.256. The molecule has 100 valence electrons. The summed E-state index contributed by atoms with van der Waals surface area (Å²) in [5.41, 5.74) is 0. The van der Waals surface area contributed by atoms with Gasteiger partial charge in [0.15, 0.2) is 11.9 Å². The van der Waals surface area contributed by atoms with E-state index in [0.29, 0.717) is 16.6 Å². The highest BCUT2D eigenvalue weighted by molar-refractivity contribution is 6.30. The molecule has 5 nitrogen and oxygen atoms in total. The smallest absolute Gasteiger partial charge is 0.266 e. The van der Waals surface area contributed by atoms with Gasteiger partial charge in [-0.1, -0.05) is 11.6 Å². The van der Waals surface area contributed by atoms with Crippen LogP contribution >= 0.6 is 11.6 Å². The van der Waals surface area contributed by atoms with E-state index in [-0.39, 0.29) is 5.91 Å². The predicted molar refractivity (Wildman–Crippen MR) is 73.4 cm³/mol. The lowest BCUT2D eigenvalue weighted by Crippen LogP contribution is -2.30. The van der Waals surface area contributed by atoms with E-state index in [1.165, 1.54) is 0 Å². The number of ether oxygens (including phenoxy) is 1. The van der Waals surface area contributed by atoms with Crippen LogP contribution in [-0.2, 0) is 11.8 Å². The third kappa shape index (κ3) is 3.72. The third-order valence-electron chi connectivity index (χ3n) is 2.46. The fraction of sp³-hybridized carbons (Fsp3) is 0.231. The van der Waals surface area contributed by atoms with Crippen molar-refractivity contribution in [2.75, 3.05) is 5.32 Å². The topological polar surface area (TPSA) is 56.1 Å². The van der Waals surface area contributed by atoms with Gasteiger partial charge in [0.05, 0.1) is 0 Å². The first kappa shape index (κ1) is 13.4. The number of benzene rings is 1. The van der Waals surface area contributed by atoms with Crippen molar-refractivity contribution in [1.82, 2.24) is 9.78 Å². The number of amides is 1. The van der Waals surface area contributed by atoms with Gasteiger partial charge in [0.2, 0.25) is 0 Å². The lowest BCUT2D eigenvalue weighted by atomic mass is 10.3. The zero-order chi connectivity index (χ0) is 13.8. The lowest BCUT2D eigenvalue weighted by Gasteiger charge is -2.13. The molecule has 1 unspecified atom stereocenters. The minimum Gasteiger partial charge on any atom is -0.481 e. The molecule has 1 heterocycles. The van der Waals surface area contributed by atoms with Gasteiger partial charge < -0.3 is 10.1 Å². The summed E-state index contributed by atoms with van der Waals surface area (Å²) < 4.78 is 7.12. The second-order valence-electron chi connectivity index (χ2n) is 4.08. The Morgan fingerprint density at radius 3 is 2.63 bits per heavy atom. The van der Waals surface area contributed by atoms with Crippen LogP contribution < -0.4 is 10.1 Å². The van der Waals surface area contributed by atoms with Crippen LogP contribution in [0.25, 0.3) is 0 Å². The van der Waals surface area contributed by atoms with E-state index >= 15 is 0 Å². The van der Waals surface area contributed by atoms with Crippen molar-refractivity contribution in [3.05, 3.63) is 41.6 Å². The summed E-state index contributed by atoms with van der Waals surface area (Å²) in [6.45, 7) is 1.67. The van der Waals surface area contributed by atoms with Crippen LogP contribution in [0.5, 0.6) is 5.75 Å². The van der Waals surface area contributed by atoms with Crippen molar-refractivity contribution in [3.63, 3.8) is 0 Å². The number of anilines is 1. The second-order valence-corrected chi connectivity index (χ2v) is 4.51. The molecular formula is C13H14ClN3O2. The van der Waals surface area contributed by atoms with Crippen molar-refractivity contribution in [2.45, 2.75) is 13.0 Å².